The summed E-state index contributed by atoms with van der Waals surface area (Å²) in [5.74, 6) is -0.342. The minimum Gasteiger partial charge on any atom is -0.433 e. The molecule has 0 bridgehead atoms. The van der Waals surface area contributed by atoms with Gasteiger partial charge in [-0.3, -0.25) is 0 Å². The molecule has 0 saturated heterocycles. The molecular weight excluding hydrogens is 335 g/mol. The molecule has 0 atom stereocenters. The maximum atomic E-state index is 13.6. The van der Waals surface area contributed by atoms with E-state index in [1.807, 2.05) is 0 Å². The van der Waals surface area contributed by atoms with Crippen molar-refractivity contribution in [3.05, 3.63) is 58.3 Å². The fraction of sp³-hybridized carbons (Fsp3) is 0.143. The van der Waals surface area contributed by atoms with Gasteiger partial charge in [-0.25, -0.2) is 4.39 Å². The summed E-state index contributed by atoms with van der Waals surface area (Å²) < 4.78 is 43.2. The van der Waals surface area contributed by atoms with Crippen molar-refractivity contribution in [1.29, 1.82) is 0 Å². The predicted molar refractivity (Wildman–Crippen MR) is 74.5 cm³/mol. The largest absolute Gasteiger partial charge is 0.433 e. The molecule has 0 fully saturated rings. The molecule has 2 aromatic carbocycles. The van der Waals surface area contributed by atoms with Crippen molar-refractivity contribution in [3.63, 3.8) is 0 Å². The van der Waals surface area contributed by atoms with E-state index in [4.69, 9.17) is 0 Å². The highest BCUT2D eigenvalue weighted by molar-refractivity contribution is 9.10. The van der Waals surface area contributed by atoms with E-state index >= 15 is 0 Å². The summed E-state index contributed by atoms with van der Waals surface area (Å²) in [6.45, 7) is -2.74. The average Bonchev–Trinajstić information content (AvgIpc) is 2.41. The second-order valence-corrected chi connectivity index (χ2v) is 4.88. The fourth-order valence-corrected chi connectivity index (χ4v) is 2.09. The van der Waals surface area contributed by atoms with Crippen molar-refractivity contribution in [2.75, 3.05) is 5.32 Å². The SMILES string of the molecule is Fc1ccc(Br)cc1CNc1ccccc1OC(F)F. The Bertz CT molecular complexity index is 592. The molecule has 0 aromatic heterocycles. The summed E-state index contributed by atoms with van der Waals surface area (Å²) in [6, 6.07) is 10.8. The predicted octanol–water partition coefficient (Wildman–Crippen LogP) is 4.80. The van der Waals surface area contributed by atoms with Crippen LogP contribution < -0.4 is 10.1 Å². The van der Waals surface area contributed by atoms with Gasteiger partial charge in [0.15, 0.2) is 0 Å². The van der Waals surface area contributed by atoms with Gasteiger partial charge in [-0.05, 0) is 30.3 Å². The molecule has 0 aliphatic carbocycles. The number of nitrogens with one attached hydrogen (secondary N) is 1. The molecule has 0 amide bonds. The Hall–Kier alpha value is -1.69. The topological polar surface area (TPSA) is 21.3 Å². The molecule has 0 aliphatic heterocycles. The van der Waals surface area contributed by atoms with Crippen LogP contribution in [0.25, 0.3) is 0 Å². The number of hydrogen-bond acceptors (Lipinski definition) is 2. The molecule has 0 aliphatic rings. The normalized spacial score (nSPS) is 10.7. The molecule has 0 radical (unpaired) electrons. The van der Waals surface area contributed by atoms with Crippen LogP contribution in [-0.4, -0.2) is 6.61 Å². The second-order valence-electron chi connectivity index (χ2n) is 3.96. The van der Waals surface area contributed by atoms with Gasteiger partial charge in [0.25, 0.3) is 0 Å². The zero-order valence-electron chi connectivity index (χ0n) is 10.2. The summed E-state index contributed by atoms with van der Waals surface area (Å²) in [5.41, 5.74) is 0.804. The number of anilines is 1. The molecule has 6 heteroatoms. The van der Waals surface area contributed by atoms with Gasteiger partial charge in [-0.15, -0.1) is 0 Å². The lowest BCUT2D eigenvalue weighted by Crippen LogP contribution is -2.07. The molecule has 1 N–H and O–H groups in total. The Morgan fingerprint density at radius 1 is 1.15 bits per heavy atom. The number of alkyl halides is 2. The van der Waals surface area contributed by atoms with Crippen LogP contribution in [0.15, 0.2) is 46.9 Å². The van der Waals surface area contributed by atoms with Gasteiger partial charge in [0.2, 0.25) is 0 Å². The summed E-state index contributed by atoms with van der Waals surface area (Å²) in [7, 11) is 0. The minimum atomic E-state index is -2.90. The maximum absolute atomic E-state index is 13.6. The number of ether oxygens (including phenoxy) is 1. The lowest BCUT2D eigenvalue weighted by Gasteiger charge is -2.13. The zero-order chi connectivity index (χ0) is 14.5. The summed E-state index contributed by atoms with van der Waals surface area (Å²) in [5, 5.41) is 2.88. The van der Waals surface area contributed by atoms with Crippen LogP contribution in [0, 0.1) is 5.82 Å². The quantitative estimate of drug-likeness (QED) is 0.840. The van der Waals surface area contributed by atoms with Crippen molar-refractivity contribution in [2.45, 2.75) is 13.2 Å². The Morgan fingerprint density at radius 3 is 2.65 bits per heavy atom. The molecule has 2 nitrogen and oxygen atoms in total. The Labute approximate surface area is 122 Å². The van der Waals surface area contributed by atoms with Crippen LogP contribution in [0.5, 0.6) is 5.75 Å². The lowest BCUT2D eigenvalue weighted by molar-refractivity contribution is -0.0493. The van der Waals surface area contributed by atoms with E-state index in [1.165, 1.54) is 12.1 Å². The Kier molecular flexibility index (Phi) is 4.89. The molecule has 20 heavy (non-hydrogen) atoms. The highest BCUT2D eigenvalue weighted by atomic mass is 79.9. The average molecular weight is 346 g/mol. The molecular formula is C14H11BrF3NO. The third-order valence-electron chi connectivity index (χ3n) is 2.58. The number of para-hydroxylation sites is 2. The zero-order valence-corrected chi connectivity index (χ0v) is 11.8. The third-order valence-corrected chi connectivity index (χ3v) is 3.07. The molecule has 0 saturated carbocycles. The fourth-order valence-electron chi connectivity index (χ4n) is 1.68. The van der Waals surface area contributed by atoms with E-state index in [0.717, 1.165) is 4.47 Å². The van der Waals surface area contributed by atoms with E-state index < -0.39 is 6.61 Å². The van der Waals surface area contributed by atoms with Crippen LogP contribution in [0.2, 0.25) is 0 Å². The molecule has 0 heterocycles. The van der Waals surface area contributed by atoms with Gasteiger partial charge >= 0.3 is 6.61 Å². The first-order chi connectivity index (χ1) is 9.56. The lowest BCUT2D eigenvalue weighted by atomic mass is 10.2. The van der Waals surface area contributed by atoms with Gasteiger partial charge in [0.05, 0.1) is 5.69 Å². The van der Waals surface area contributed by atoms with Crippen LogP contribution in [0.4, 0.5) is 18.9 Å². The molecule has 2 aromatic rings. The highest BCUT2D eigenvalue weighted by Gasteiger charge is 2.09. The van der Waals surface area contributed by atoms with Gasteiger partial charge < -0.3 is 10.1 Å². The summed E-state index contributed by atoms with van der Waals surface area (Å²) in [6.07, 6.45) is 0. The number of rotatable bonds is 5. The minimum absolute atomic E-state index is 0.0258. The van der Waals surface area contributed by atoms with Crippen molar-refractivity contribution < 1.29 is 17.9 Å². The van der Waals surface area contributed by atoms with Crippen LogP contribution in [0.3, 0.4) is 0 Å². The van der Waals surface area contributed by atoms with Crippen molar-refractivity contribution in [3.8, 4) is 5.75 Å². The molecule has 0 unspecified atom stereocenters. The first kappa shape index (κ1) is 14.7. The molecule has 2 rings (SSSR count). The van der Waals surface area contributed by atoms with E-state index in [1.54, 1.807) is 30.3 Å². The first-order valence-electron chi connectivity index (χ1n) is 5.78. The maximum Gasteiger partial charge on any atom is 0.387 e. The number of halogens is 4. The van der Waals surface area contributed by atoms with Crippen LogP contribution in [-0.2, 0) is 6.54 Å². The van der Waals surface area contributed by atoms with E-state index in [2.05, 4.69) is 26.0 Å². The van der Waals surface area contributed by atoms with E-state index in [9.17, 15) is 13.2 Å². The number of benzene rings is 2. The van der Waals surface area contributed by atoms with Crippen LogP contribution >= 0.6 is 15.9 Å². The van der Waals surface area contributed by atoms with Crippen molar-refractivity contribution in [2.24, 2.45) is 0 Å². The van der Waals surface area contributed by atoms with E-state index in [-0.39, 0.29) is 18.1 Å². The van der Waals surface area contributed by atoms with Crippen molar-refractivity contribution >= 4 is 21.6 Å². The number of hydrogen-bond donors (Lipinski definition) is 1. The summed E-state index contributed by atoms with van der Waals surface area (Å²) in [4.78, 5) is 0. The third kappa shape index (κ3) is 3.90. The highest BCUT2D eigenvalue weighted by Crippen LogP contribution is 2.26. The Morgan fingerprint density at radius 2 is 1.90 bits per heavy atom. The van der Waals surface area contributed by atoms with Gasteiger partial charge in [0, 0.05) is 16.6 Å². The monoisotopic (exact) mass is 345 g/mol. The standard InChI is InChI=1S/C14H11BrF3NO/c15-10-5-6-11(16)9(7-10)8-19-12-3-1-2-4-13(12)20-14(17)18/h1-7,14,19H,8H2. The van der Waals surface area contributed by atoms with E-state index in [0.29, 0.717) is 11.3 Å². The van der Waals surface area contributed by atoms with Crippen LogP contribution in [0.1, 0.15) is 5.56 Å². The van der Waals surface area contributed by atoms with Gasteiger partial charge in [-0.2, -0.15) is 8.78 Å². The summed E-state index contributed by atoms with van der Waals surface area (Å²) >= 11 is 3.25. The van der Waals surface area contributed by atoms with Crippen molar-refractivity contribution in [1.82, 2.24) is 0 Å². The molecule has 106 valence electrons. The second kappa shape index (κ2) is 6.65. The Balaban J connectivity index is 2.12. The van der Waals surface area contributed by atoms with Gasteiger partial charge in [-0.1, -0.05) is 28.1 Å². The first-order valence-corrected chi connectivity index (χ1v) is 6.57. The smallest absolute Gasteiger partial charge is 0.387 e. The van der Waals surface area contributed by atoms with Gasteiger partial charge in [0.1, 0.15) is 11.6 Å². The molecule has 0 spiro atoms.